The summed E-state index contributed by atoms with van der Waals surface area (Å²) in [6, 6.07) is 0. The Morgan fingerprint density at radius 2 is 1.23 bits per heavy atom. The molecule has 0 aliphatic carbocycles. The molecule has 300 valence electrons. The molecule has 2 saturated heterocycles. The van der Waals surface area contributed by atoms with E-state index >= 15 is 0 Å². The minimum Gasteiger partial charge on any atom is -0.457 e. The van der Waals surface area contributed by atoms with Gasteiger partial charge in [0, 0.05) is 13.0 Å². The fraction of sp³-hybridized carbons (Fsp3) is 0.763. The van der Waals surface area contributed by atoms with Crippen molar-refractivity contribution in [3.05, 3.63) is 48.6 Å². The van der Waals surface area contributed by atoms with Crippen molar-refractivity contribution < 1.29 is 69.0 Å². The van der Waals surface area contributed by atoms with E-state index in [0.29, 0.717) is 13.0 Å². The van der Waals surface area contributed by atoms with E-state index in [0.717, 1.165) is 57.8 Å². The smallest absolute Gasteiger partial charge is 0.306 e. The summed E-state index contributed by atoms with van der Waals surface area (Å²) in [6.07, 6.45) is 9.98. The third kappa shape index (κ3) is 17.4. The predicted molar refractivity (Wildman–Crippen MR) is 192 cm³/mol. The SMILES string of the molecule is CC/C=C\C/C=C\C/C=C\C/C=C\CCCOCC(COC1OC(COC2OC(CO)C(O)C(O)C2O)C(O)C(O)C1O)OC(=O)CCCCCC. The second-order valence-corrected chi connectivity index (χ2v) is 13.0. The molecule has 2 rings (SSSR count). The van der Waals surface area contributed by atoms with Crippen molar-refractivity contribution in [1.82, 2.24) is 0 Å². The number of carbonyl (C=O) groups excluding carboxylic acids is 1. The zero-order valence-electron chi connectivity index (χ0n) is 30.8. The van der Waals surface area contributed by atoms with Crippen LogP contribution in [0.1, 0.15) is 84.5 Å². The fourth-order valence-corrected chi connectivity index (χ4v) is 5.46. The van der Waals surface area contributed by atoms with Gasteiger partial charge >= 0.3 is 5.97 Å². The van der Waals surface area contributed by atoms with E-state index in [4.69, 9.17) is 28.4 Å². The van der Waals surface area contributed by atoms with Crippen LogP contribution in [0.2, 0.25) is 0 Å². The van der Waals surface area contributed by atoms with Gasteiger partial charge in [0.1, 0.15) is 54.9 Å². The van der Waals surface area contributed by atoms with Gasteiger partial charge in [-0.15, -0.1) is 0 Å². The first kappa shape index (κ1) is 46.1. The Bertz CT molecular complexity index is 1050. The minimum atomic E-state index is -1.71. The van der Waals surface area contributed by atoms with E-state index in [9.17, 15) is 40.5 Å². The highest BCUT2D eigenvalue weighted by atomic mass is 16.7. The number of hydrogen-bond acceptors (Lipinski definition) is 14. The summed E-state index contributed by atoms with van der Waals surface area (Å²) in [5, 5.41) is 71.3. The highest BCUT2D eigenvalue weighted by molar-refractivity contribution is 5.69. The summed E-state index contributed by atoms with van der Waals surface area (Å²) in [4.78, 5) is 12.6. The van der Waals surface area contributed by atoms with Crippen molar-refractivity contribution in [2.45, 2.75) is 152 Å². The molecule has 0 bridgehead atoms. The van der Waals surface area contributed by atoms with Crippen LogP contribution in [0.15, 0.2) is 48.6 Å². The molecule has 52 heavy (non-hydrogen) atoms. The van der Waals surface area contributed by atoms with Gasteiger partial charge in [-0.2, -0.15) is 0 Å². The van der Waals surface area contributed by atoms with Gasteiger partial charge in [-0.05, 0) is 44.9 Å². The Morgan fingerprint density at radius 1 is 0.654 bits per heavy atom. The van der Waals surface area contributed by atoms with Gasteiger partial charge in [0.2, 0.25) is 0 Å². The van der Waals surface area contributed by atoms with Crippen molar-refractivity contribution in [3.63, 3.8) is 0 Å². The molecular formula is C38H64O14. The number of allylic oxidation sites excluding steroid dienone is 8. The normalized spacial score (nSPS) is 30.6. The van der Waals surface area contributed by atoms with Crippen LogP contribution >= 0.6 is 0 Å². The standard InChI is InChI=1S/C38H64O14/c1-3-5-7-9-10-11-12-13-14-15-16-17-18-20-22-47-24-27(50-30(40)21-19-8-6-4-2)25-48-37-36(46)34(44)32(42)29(52-37)26-49-38-35(45)33(43)31(41)28(23-39)51-38/h5,7,10-11,13-14,16-17,27-29,31-39,41-46H,3-4,6,8-9,12,15,18-26H2,1-2H3/b7-5-,11-10-,14-13-,17-16-. The molecule has 11 atom stereocenters. The average Bonchev–Trinajstić information content (AvgIpc) is 3.14. The first-order chi connectivity index (χ1) is 25.1. The molecule has 0 amide bonds. The van der Waals surface area contributed by atoms with Crippen molar-refractivity contribution in [1.29, 1.82) is 0 Å². The second kappa shape index (κ2) is 27.5. The summed E-state index contributed by atoms with van der Waals surface area (Å²) >= 11 is 0. The molecule has 0 aromatic rings. The van der Waals surface area contributed by atoms with Crippen LogP contribution in [0.5, 0.6) is 0 Å². The number of aliphatic hydroxyl groups is 7. The Labute approximate surface area is 308 Å². The van der Waals surface area contributed by atoms with Crippen LogP contribution in [-0.2, 0) is 33.2 Å². The molecule has 2 aliphatic heterocycles. The van der Waals surface area contributed by atoms with Crippen molar-refractivity contribution in [2.24, 2.45) is 0 Å². The number of carbonyl (C=O) groups is 1. The number of hydrogen-bond donors (Lipinski definition) is 7. The Balaban J connectivity index is 1.85. The third-order valence-electron chi connectivity index (χ3n) is 8.60. The number of aliphatic hydroxyl groups excluding tert-OH is 7. The van der Waals surface area contributed by atoms with Crippen LogP contribution in [0.3, 0.4) is 0 Å². The van der Waals surface area contributed by atoms with Crippen LogP contribution in [0.4, 0.5) is 0 Å². The molecule has 14 heteroatoms. The lowest BCUT2D eigenvalue weighted by atomic mass is 9.98. The van der Waals surface area contributed by atoms with Gasteiger partial charge in [0.05, 0.1) is 26.4 Å². The van der Waals surface area contributed by atoms with Gasteiger partial charge in [-0.1, -0.05) is 81.7 Å². The minimum absolute atomic E-state index is 0.0204. The van der Waals surface area contributed by atoms with Gasteiger partial charge in [-0.25, -0.2) is 0 Å². The number of unbranched alkanes of at least 4 members (excludes halogenated alkanes) is 4. The van der Waals surface area contributed by atoms with E-state index in [2.05, 4.69) is 62.5 Å². The van der Waals surface area contributed by atoms with E-state index < -0.39 is 86.7 Å². The molecule has 0 aromatic carbocycles. The van der Waals surface area contributed by atoms with E-state index in [-0.39, 0.29) is 19.6 Å². The average molecular weight is 745 g/mol. The predicted octanol–water partition coefficient (Wildman–Crippen LogP) is 2.11. The fourth-order valence-electron chi connectivity index (χ4n) is 5.46. The molecule has 0 spiro atoms. The molecule has 2 heterocycles. The highest BCUT2D eigenvalue weighted by Crippen LogP contribution is 2.26. The lowest BCUT2D eigenvalue weighted by Crippen LogP contribution is -2.61. The lowest BCUT2D eigenvalue weighted by Gasteiger charge is -2.42. The van der Waals surface area contributed by atoms with Gasteiger partial charge in [0.25, 0.3) is 0 Å². The van der Waals surface area contributed by atoms with Crippen LogP contribution in [0, 0.1) is 0 Å². The maximum Gasteiger partial charge on any atom is 0.306 e. The third-order valence-corrected chi connectivity index (χ3v) is 8.60. The molecule has 0 saturated carbocycles. The van der Waals surface area contributed by atoms with Gasteiger partial charge in [-0.3, -0.25) is 4.79 Å². The highest BCUT2D eigenvalue weighted by Gasteiger charge is 2.47. The van der Waals surface area contributed by atoms with Gasteiger partial charge in [0.15, 0.2) is 12.6 Å². The molecule has 2 aliphatic rings. The molecule has 2 fully saturated rings. The second-order valence-electron chi connectivity index (χ2n) is 13.0. The number of rotatable bonds is 26. The molecule has 7 N–H and O–H groups in total. The summed E-state index contributed by atoms with van der Waals surface area (Å²) in [7, 11) is 0. The zero-order chi connectivity index (χ0) is 38.1. The monoisotopic (exact) mass is 744 g/mol. The molecule has 11 unspecified atom stereocenters. The quantitative estimate of drug-likeness (QED) is 0.0384. The summed E-state index contributed by atoms with van der Waals surface area (Å²) in [5.74, 6) is -0.417. The zero-order valence-corrected chi connectivity index (χ0v) is 30.8. The summed E-state index contributed by atoms with van der Waals surface area (Å²) in [6.45, 7) is 3.22. The topological polar surface area (TPSA) is 214 Å². The Morgan fingerprint density at radius 3 is 1.85 bits per heavy atom. The number of esters is 1. The first-order valence-corrected chi connectivity index (χ1v) is 18.7. The maximum atomic E-state index is 12.6. The molecule has 0 radical (unpaired) electrons. The number of ether oxygens (including phenoxy) is 6. The van der Waals surface area contributed by atoms with Crippen LogP contribution in [0.25, 0.3) is 0 Å². The Hall–Kier alpha value is -2.05. The van der Waals surface area contributed by atoms with Crippen molar-refractivity contribution in [2.75, 3.05) is 33.0 Å². The van der Waals surface area contributed by atoms with E-state index in [1.165, 1.54) is 0 Å². The maximum absolute atomic E-state index is 12.6. The molecule has 0 aromatic heterocycles. The van der Waals surface area contributed by atoms with Crippen molar-refractivity contribution in [3.8, 4) is 0 Å². The summed E-state index contributed by atoms with van der Waals surface area (Å²) in [5.41, 5.74) is 0. The van der Waals surface area contributed by atoms with Crippen LogP contribution < -0.4 is 0 Å². The first-order valence-electron chi connectivity index (χ1n) is 18.7. The largest absolute Gasteiger partial charge is 0.457 e. The van der Waals surface area contributed by atoms with Gasteiger partial charge < -0.3 is 64.2 Å². The molecular weight excluding hydrogens is 680 g/mol. The van der Waals surface area contributed by atoms with E-state index in [1.807, 2.05) is 0 Å². The Kier molecular flexibility index (Phi) is 24.4. The van der Waals surface area contributed by atoms with Crippen molar-refractivity contribution >= 4 is 5.97 Å². The lowest BCUT2D eigenvalue weighted by molar-refractivity contribution is -0.332. The molecule has 14 nitrogen and oxygen atoms in total. The van der Waals surface area contributed by atoms with E-state index in [1.54, 1.807) is 0 Å². The van der Waals surface area contributed by atoms with Crippen LogP contribution in [-0.4, -0.2) is 142 Å². The summed E-state index contributed by atoms with van der Waals surface area (Å²) < 4.78 is 33.6.